The second kappa shape index (κ2) is 7.52. The Morgan fingerprint density at radius 3 is 2.67 bits per heavy atom. The molecule has 2 nitrogen and oxygen atoms in total. The highest BCUT2D eigenvalue weighted by Crippen LogP contribution is 2.27. The molecule has 2 rings (SSSR count). The normalized spacial score (nSPS) is 19.4. The van der Waals surface area contributed by atoms with Crippen LogP contribution >= 0.6 is 0 Å². The molecule has 1 unspecified atom stereocenters. The zero-order chi connectivity index (χ0) is 12.6. The van der Waals surface area contributed by atoms with Crippen molar-refractivity contribution in [3.05, 3.63) is 30.1 Å². The average Bonchev–Trinajstić information content (AvgIpc) is 2.70. The van der Waals surface area contributed by atoms with E-state index in [2.05, 4.69) is 23.4 Å². The van der Waals surface area contributed by atoms with Crippen molar-refractivity contribution in [3.63, 3.8) is 0 Å². The first-order chi connectivity index (χ1) is 8.90. The maximum absolute atomic E-state index is 4.20. The smallest absolute Gasteiger partial charge is 0.0299 e. The fourth-order valence-electron chi connectivity index (χ4n) is 3.20. The second-order valence-electron chi connectivity index (χ2n) is 5.55. The summed E-state index contributed by atoms with van der Waals surface area (Å²) in [7, 11) is 2.12. The zero-order valence-electron chi connectivity index (χ0n) is 11.6. The zero-order valence-corrected chi connectivity index (χ0v) is 11.6. The summed E-state index contributed by atoms with van der Waals surface area (Å²) in [6.45, 7) is 0. The van der Waals surface area contributed by atoms with Gasteiger partial charge in [0.05, 0.1) is 0 Å². The summed E-state index contributed by atoms with van der Waals surface area (Å²) in [4.78, 5) is 4.20. The third-order valence-electron chi connectivity index (χ3n) is 4.31. The minimum atomic E-state index is 0.684. The maximum Gasteiger partial charge on any atom is 0.0299 e. The van der Waals surface area contributed by atoms with Gasteiger partial charge in [0.1, 0.15) is 0 Å². The van der Waals surface area contributed by atoms with Crippen LogP contribution in [0.5, 0.6) is 0 Å². The Morgan fingerprint density at radius 2 is 2.06 bits per heavy atom. The van der Waals surface area contributed by atoms with E-state index >= 15 is 0 Å². The predicted molar refractivity (Wildman–Crippen MR) is 76.6 cm³/mol. The number of nitrogens with one attached hydrogen (secondary N) is 1. The van der Waals surface area contributed by atoms with Crippen LogP contribution < -0.4 is 5.32 Å². The summed E-state index contributed by atoms with van der Waals surface area (Å²) in [5.41, 5.74) is 1.37. The highest BCUT2D eigenvalue weighted by molar-refractivity contribution is 5.08. The highest BCUT2D eigenvalue weighted by Gasteiger charge is 2.20. The molecule has 18 heavy (non-hydrogen) atoms. The molecule has 0 aromatic carbocycles. The number of hydrogen-bond acceptors (Lipinski definition) is 2. The Morgan fingerprint density at radius 1 is 1.28 bits per heavy atom. The van der Waals surface area contributed by atoms with Crippen LogP contribution in [-0.2, 0) is 6.42 Å². The lowest BCUT2D eigenvalue weighted by molar-refractivity contribution is 0.319. The van der Waals surface area contributed by atoms with Gasteiger partial charge in [-0.05, 0) is 50.3 Å². The largest absolute Gasteiger partial charge is 0.317 e. The van der Waals surface area contributed by atoms with E-state index < -0.39 is 0 Å². The van der Waals surface area contributed by atoms with Crippen LogP contribution in [0.3, 0.4) is 0 Å². The van der Waals surface area contributed by atoms with E-state index in [-0.39, 0.29) is 0 Å². The standard InChI is InChI=1S/C16H26N2/c1-17-16(15-8-4-2-3-5-9-15)11-10-14-7-6-12-18-13-14/h6-7,12-13,15-17H,2-5,8-11H2,1H3. The van der Waals surface area contributed by atoms with E-state index in [9.17, 15) is 0 Å². The number of pyridine rings is 1. The van der Waals surface area contributed by atoms with E-state index in [0.29, 0.717) is 6.04 Å². The molecule has 1 atom stereocenters. The van der Waals surface area contributed by atoms with Crippen molar-refractivity contribution >= 4 is 0 Å². The first-order valence-electron chi connectivity index (χ1n) is 7.46. The van der Waals surface area contributed by atoms with Gasteiger partial charge >= 0.3 is 0 Å². The second-order valence-corrected chi connectivity index (χ2v) is 5.55. The summed E-state index contributed by atoms with van der Waals surface area (Å²) < 4.78 is 0. The van der Waals surface area contributed by atoms with Crippen molar-refractivity contribution in [1.82, 2.24) is 10.3 Å². The number of aryl methyl sites for hydroxylation is 1. The van der Waals surface area contributed by atoms with Crippen molar-refractivity contribution in [2.75, 3.05) is 7.05 Å². The van der Waals surface area contributed by atoms with Crippen LogP contribution in [0.25, 0.3) is 0 Å². The van der Waals surface area contributed by atoms with Crippen molar-refractivity contribution in [3.8, 4) is 0 Å². The highest BCUT2D eigenvalue weighted by atomic mass is 14.9. The summed E-state index contributed by atoms with van der Waals surface area (Å²) in [6.07, 6.45) is 14.8. The molecule has 1 heterocycles. The minimum Gasteiger partial charge on any atom is -0.317 e. The molecule has 1 fully saturated rings. The predicted octanol–water partition coefficient (Wildman–Crippen LogP) is 3.57. The van der Waals surface area contributed by atoms with Gasteiger partial charge in [0, 0.05) is 18.4 Å². The topological polar surface area (TPSA) is 24.9 Å². The Hall–Kier alpha value is -0.890. The molecule has 0 radical (unpaired) electrons. The molecule has 0 aliphatic heterocycles. The number of aromatic nitrogens is 1. The Kier molecular flexibility index (Phi) is 5.66. The van der Waals surface area contributed by atoms with E-state index in [1.54, 1.807) is 0 Å². The van der Waals surface area contributed by atoms with Crippen LogP contribution in [0.15, 0.2) is 24.5 Å². The molecule has 0 saturated heterocycles. The fraction of sp³-hybridized carbons (Fsp3) is 0.688. The quantitative estimate of drug-likeness (QED) is 0.803. The molecule has 1 aliphatic carbocycles. The summed E-state index contributed by atoms with van der Waals surface area (Å²) in [5, 5.41) is 3.55. The monoisotopic (exact) mass is 246 g/mol. The third kappa shape index (κ3) is 4.09. The number of nitrogens with zero attached hydrogens (tertiary/aromatic N) is 1. The van der Waals surface area contributed by atoms with Crippen LogP contribution in [0.4, 0.5) is 0 Å². The molecule has 100 valence electrons. The lowest BCUT2D eigenvalue weighted by Crippen LogP contribution is -2.33. The lowest BCUT2D eigenvalue weighted by atomic mass is 9.88. The molecule has 0 bridgehead atoms. The van der Waals surface area contributed by atoms with Crippen LogP contribution in [0.1, 0.15) is 50.5 Å². The molecular formula is C16H26N2. The van der Waals surface area contributed by atoms with Crippen molar-refractivity contribution in [1.29, 1.82) is 0 Å². The van der Waals surface area contributed by atoms with Crippen LogP contribution in [0, 0.1) is 5.92 Å². The molecular weight excluding hydrogens is 220 g/mol. The molecule has 2 heteroatoms. The van der Waals surface area contributed by atoms with Gasteiger partial charge in [-0.25, -0.2) is 0 Å². The molecule has 0 amide bonds. The van der Waals surface area contributed by atoms with E-state index in [1.165, 1.54) is 50.5 Å². The maximum atomic E-state index is 4.20. The molecule has 1 aromatic rings. The Labute approximate surface area is 111 Å². The van der Waals surface area contributed by atoms with Gasteiger partial charge < -0.3 is 5.32 Å². The molecule has 1 aromatic heterocycles. The number of hydrogen-bond donors (Lipinski definition) is 1. The Bertz CT molecular complexity index is 315. The SMILES string of the molecule is CNC(CCc1cccnc1)C1CCCCCC1. The van der Waals surface area contributed by atoms with Gasteiger partial charge in [0.15, 0.2) is 0 Å². The summed E-state index contributed by atoms with van der Waals surface area (Å²) in [5.74, 6) is 0.883. The van der Waals surface area contributed by atoms with Crippen molar-refractivity contribution < 1.29 is 0 Å². The van der Waals surface area contributed by atoms with Gasteiger partial charge in [0.2, 0.25) is 0 Å². The van der Waals surface area contributed by atoms with Gasteiger partial charge in [-0.3, -0.25) is 4.98 Å². The average molecular weight is 246 g/mol. The van der Waals surface area contributed by atoms with Gasteiger partial charge in [0.25, 0.3) is 0 Å². The molecule has 1 aliphatic rings. The van der Waals surface area contributed by atoms with E-state index in [1.807, 2.05) is 18.5 Å². The van der Waals surface area contributed by atoms with Gasteiger partial charge in [-0.15, -0.1) is 0 Å². The minimum absolute atomic E-state index is 0.684. The fourth-order valence-corrected chi connectivity index (χ4v) is 3.20. The number of rotatable bonds is 5. The van der Waals surface area contributed by atoms with Crippen LogP contribution in [0.2, 0.25) is 0 Å². The molecule has 1 N–H and O–H groups in total. The lowest BCUT2D eigenvalue weighted by Gasteiger charge is -2.25. The summed E-state index contributed by atoms with van der Waals surface area (Å²) >= 11 is 0. The van der Waals surface area contributed by atoms with Gasteiger partial charge in [-0.2, -0.15) is 0 Å². The Balaban J connectivity index is 1.84. The van der Waals surface area contributed by atoms with Crippen LogP contribution in [-0.4, -0.2) is 18.1 Å². The van der Waals surface area contributed by atoms with Crippen molar-refractivity contribution in [2.45, 2.75) is 57.4 Å². The molecule has 1 saturated carbocycles. The van der Waals surface area contributed by atoms with Crippen molar-refractivity contribution in [2.24, 2.45) is 5.92 Å². The van der Waals surface area contributed by atoms with Gasteiger partial charge in [-0.1, -0.05) is 31.7 Å². The first kappa shape index (κ1) is 13.5. The van der Waals surface area contributed by atoms with E-state index in [4.69, 9.17) is 0 Å². The van der Waals surface area contributed by atoms with E-state index in [0.717, 1.165) is 12.3 Å². The first-order valence-corrected chi connectivity index (χ1v) is 7.46. The summed E-state index contributed by atoms with van der Waals surface area (Å²) in [6, 6.07) is 4.91. The molecule has 0 spiro atoms. The third-order valence-corrected chi connectivity index (χ3v) is 4.31.